The van der Waals surface area contributed by atoms with E-state index in [2.05, 4.69) is 24.3 Å². The fourth-order valence-corrected chi connectivity index (χ4v) is 7.26. The lowest BCUT2D eigenvalue weighted by Gasteiger charge is -2.18. The Labute approximate surface area is 295 Å². The average Bonchev–Trinajstić information content (AvgIpc) is 3.62. The van der Waals surface area contributed by atoms with Gasteiger partial charge in [-0.15, -0.1) is 0 Å². The lowest BCUT2D eigenvalue weighted by molar-refractivity contribution is 0.669. The predicted octanol–water partition coefficient (Wildman–Crippen LogP) is 13.7. The highest BCUT2D eigenvalue weighted by atomic mass is 16.3. The van der Waals surface area contributed by atoms with Crippen LogP contribution >= 0.6 is 0 Å². The molecule has 0 fully saturated rings. The Morgan fingerprint density at radius 2 is 0.918 bits per heavy atom. The first-order chi connectivity index (χ1) is 27.6. The van der Waals surface area contributed by atoms with Gasteiger partial charge in [-0.3, -0.25) is 0 Å². The van der Waals surface area contributed by atoms with Crippen LogP contribution in [0.2, 0.25) is 0 Å². The highest BCUT2D eigenvalue weighted by molar-refractivity contribution is 6.22. The maximum absolute atomic E-state index is 9.34. The molecule has 1 heterocycles. The zero-order chi connectivity index (χ0) is 39.3. The van der Waals surface area contributed by atoms with Crippen molar-refractivity contribution in [2.45, 2.75) is 0 Å². The molecule has 0 spiro atoms. The summed E-state index contributed by atoms with van der Waals surface area (Å²) in [5.41, 5.74) is 6.88. The van der Waals surface area contributed by atoms with Crippen LogP contribution in [0.15, 0.2) is 186 Å². The summed E-state index contributed by atoms with van der Waals surface area (Å²) in [5.74, 6) is 0. The van der Waals surface area contributed by atoms with Crippen LogP contribution in [0.25, 0.3) is 98.8 Å². The topological polar surface area (TPSA) is 13.1 Å². The molecular formula is C48H30O. The van der Waals surface area contributed by atoms with Crippen molar-refractivity contribution in [1.29, 1.82) is 0 Å². The summed E-state index contributed by atoms with van der Waals surface area (Å²) < 4.78 is 78.8. The number of furan rings is 1. The zero-order valence-electron chi connectivity index (χ0n) is 34.1. The largest absolute Gasteiger partial charge is 0.456 e. The third-order valence-corrected chi connectivity index (χ3v) is 9.48. The number of hydrogen-bond acceptors (Lipinski definition) is 1. The maximum Gasteiger partial charge on any atom is 0.136 e. The van der Waals surface area contributed by atoms with Gasteiger partial charge in [0.15, 0.2) is 0 Å². The molecule has 0 saturated carbocycles. The third-order valence-electron chi connectivity index (χ3n) is 9.48. The fourth-order valence-electron chi connectivity index (χ4n) is 7.26. The normalized spacial score (nSPS) is 14.0. The lowest BCUT2D eigenvalue weighted by atomic mass is 9.85. The van der Waals surface area contributed by atoms with Gasteiger partial charge in [0.25, 0.3) is 0 Å². The lowest BCUT2D eigenvalue weighted by Crippen LogP contribution is -1.91. The van der Waals surface area contributed by atoms with Gasteiger partial charge >= 0.3 is 0 Å². The van der Waals surface area contributed by atoms with E-state index in [9.17, 15) is 5.48 Å². The molecule has 0 N–H and O–H groups in total. The van der Waals surface area contributed by atoms with Crippen molar-refractivity contribution in [2.24, 2.45) is 0 Å². The molecule has 1 heteroatoms. The minimum absolute atomic E-state index is 0.182. The summed E-state index contributed by atoms with van der Waals surface area (Å²) in [4.78, 5) is 0. The van der Waals surface area contributed by atoms with Crippen LogP contribution in [0.3, 0.4) is 0 Å². The molecule has 0 aliphatic carbocycles. The summed E-state index contributed by atoms with van der Waals surface area (Å²) >= 11 is 0. The molecule has 10 aromatic rings. The summed E-state index contributed by atoms with van der Waals surface area (Å²) in [6.07, 6.45) is 0. The second-order valence-corrected chi connectivity index (χ2v) is 12.3. The van der Waals surface area contributed by atoms with E-state index in [1.807, 2.05) is 109 Å². The first-order valence-electron chi connectivity index (χ1n) is 20.2. The van der Waals surface area contributed by atoms with Crippen molar-refractivity contribution >= 4 is 54.3 Å². The molecule has 0 atom stereocenters. The maximum atomic E-state index is 9.34. The second kappa shape index (κ2) is 11.1. The number of rotatable bonds is 4. The van der Waals surface area contributed by atoms with Gasteiger partial charge in [0.1, 0.15) is 11.2 Å². The first kappa shape index (κ1) is 20.7. The van der Waals surface area contributed by atoms with Crippen LogP contribution < -0.4 is 0 Å². The minimum Gasteiger partial charge on any atom is -0.456 e. The quantitative estimate of drug-likeness (QED) is 0.176. The highest BCUT2D eigenvalue weighted by Crippen LogP contribution is 2.45. The number of benzene rings is 9. The van der Waals surface area contributed by atoms with Crippen molar-refractivity contribution in [3.05, 3.63) is 182 Å². The summed E-state index contributed by atoms with van der Waals surface area (Å²) in [6.45, 7) is 0. The van der Waals surface area contributed by atoms with E-state index in [1.54, 1.807) is 0 Å². The Hall–Kier alpha value is -6.44. The average molecular weight is 631 g/mol. The van der Waals surface area contributed by atoms with Gasteiger partial charge in [-0.1, -0.05) is 158 Å². The first-order valence-corrected chi connectivity index (χ1v) is 16.2. The van der Waals surface area contributed by atoms with Gasteiger partial charge in [0.05, 0.1) is 11.0 Å². The van der Waals surface area contributed by atoms with E-state index in [0.717, 1.165) is 55.0 Å². The van der Waals surface area contributed by atoms with Crippen molar-refractivity contribution < 1.29 is 15.4 Å². The Morgan fingerprint density at radius 1 is 0.367 bits per heavy atom. The highest BCUT2D eigenvalue weighted by Gasteiger charge is 2.18. The number of hydrogen-bond donors (Lipinski definition) is 0. The molecule has 0 amide bonds. The summed E-state index contributed by atoms with van der Waals surface area (Å²) in [7, 11) is 0. The summed E-state index contributed by atoms with van der Waals surface area (Å²) in [6, 6.07) is 40.3. The number of fused-ring (bicyclic) bond motifs is 6. The molecule has 228 valence electrons. The minimum atomic E-state index is -0.430. The Kier molecular flexibility index (Phi) is 4.69. The van der Waals surface area contributed by atoms with E-state index in [0.29, 0.717) is 22.3 Å². The molecule has 49 heavy (non-hydrogen) atoms. The molecule has 1 nitrogen and oxygen atoms in total. The third kappa shape index (κ3) is 4.47. The van der Waals surface area contributed by atoms with Gasteiger partial charge in [0.2, 0.25) is 0 Å². The Morgan fingerprint density at radius 3 is 1.61 bits per heavy atom. The molecule has 0 radical (unpaired) electrons. The van der Waals surface area contributed by atoms with Crippen molar-refractivity contribution in [1.82, 2.24) is 0 Å². The van der Waals surface area contributed by atoms with Gasteiger partial charge in [-0.05, 0) is 101 Å². The molecule has 0 aliphatic rings. The van der Waals surface area contributed by atoms with E-state index in [-0.39, 0.29) is 45.7 Å². The van der Waals surface area contributed by atoms with Gasteiger partial charge in [-0.2, -0.15) is 0 Å². The van der Waals surface area contributed by atoms with E-state index in [1.165, 1.54) is 0 Å². The van der Waals surface area contributed by atoms with Crippen molar-refractivity contribution in [3.63, 3.8) is 0 Å². The van der Waals surface area contributed by atoms with Crippen LogP contribution in [0.4, 0.5) is 0 Å². The van der Waals surface area contributed by atoms with Crippen LogP contribution in [0.1, 0.15) is 11.0 Å². The van der Waals surface area contributed by atoms with Crippen LogP contribution in [-0.2, 0) is 0 Å². The standard InChI is InChI=1S/C48H30O/c1-2-12-31(13-3-1)34-16-10-17-37(28-34)47-41-20-8-6-18-39(41)46(40-19-7-9-21-42(40)47)33-26-24-32(25-27-33)38-22-11-23-44-48(38)43-29-35-14-4-5-15-36(35)30-45(43)49-44/h1-30H/i6D,7D,8D,9D,18D,19D,20D,21D. The van der Waals surface area contributed by atoms with Crippen molar-refractivity contribution in [2.75, 3.05) is 0 Å². The molecule has 0 aliphatic heterocycles. The summed E-state index contributed by atoms with van der Waals surface area (Å²) in [5, 5.41) is 4.87. The molecule has 0 bridgehead atoms. The van der Waals surface area contributed by atoms with E-state index >= 15 is 0 Å². The SMILES string of the molecule is [2H]c1c([2H])c([2H])c2c(-c3cccc(-c4ccccc4)c3)c3c([2H])c([2H])c([2H])c([2H])c3c(-c3ccc(-c4cccc5oc6cc7ccccc7cc6c45)cc3)c2c1[2H]. The molecule has 9 aromatic carbocycles. The second-order valence-electron chi connectivity index (χ2n) is 12.3. The Bertz CT molecular complexity index is 3240. The van der Waals surface area contributed by atoms with Gasteiger partial charge < -0.3 is 4.42 Å². The zero-order valence-corrected chi connectivity index (χ0v) is 26.1. The van der Waals surface area contributed by atoms with E-state index in [4.69, 9.17) is 9.90 Å². The molecule has 0 unspecified atom stereocenters. The van der Waals surface area contributed by atoms with Crippen molar-refractivity contribution in [3.8, 4) is 44.5 Å². The van der Waals surface area contributed by atoms with Gasteiger partial charge in [0, 0.05) is 10.8 Å². The molecular weight excluding hydrogens is 593 g/mol. The van der Waals surface area contributed by atoms with Crippen LogP contribution in [0, 0.1) is 0 Å². The van der Waals surface area contributed by atoms with Crippen LogP contribution in [-0.4, -0.2) is 0 Å². The van der Waals surface area contributed by atoms with Gasteiger partial charge in [-0.25, -0.2) is 0 Å². The smallest absolute Gasteiger partial charge is 0.136 e. The van der Waals surface area contributed by atoms with Crippen LogP contribution in [0.5, 0.6) is 0 Å². The monoisotopic (exact) mass is 630 g/mol. The Balaban J connectivity index is 1.28. The molecule has 10 rings (SSSR count). The molecule has 1 aromatic heterocycles. The fraction of sp³-hybridized carbons (Fsp3) is 0. The van der Waals surface area contributed by atoms with E-state index < -0.39 is 24.2 Å². The molecule has 0 saturated heterocycles. The predicted molar refractivity (Wildman–Crippen MR) is 208 cm³/mol.